The normalized spacial score (nSPS) is 8.93. The maximum absolute atomic E-state index is 8.93. The van der Waals surface area contributed by atoms with E-state index in [-0.39, 0.29) is 6.61 Å². The highest BCUT2D eigenvalue weighted by Gasteiger charge is 1.93. The molecule has 0 bridgehead atoms. The molecule has 0 unspecified atom stereocenters. The van der Waals surface area contributed by atoms with Gasteiger partial charge in [-0.15, -0.1) is 0 Å². The van der Waals surface area contributed by atoms with E-state index in [0.29, 0.717) is 0 Å². The zero-order valence-electron chi connectivity index (χ0n) is 8.76. The van der Waals surface area contributed by atoms with E-state index in [1.807, 2.05) is 42.6 Å². The highest BCUT2D eigenvalue weighted by atomic mass is 16.2. The fourth-order valence-electron chi connectivity index (χ4n) is 1.14. The van der Waals surface area contributed by atoms with Crippen molar-refractivity contribution in [3.63, 3.8) is 0 Å². The van der Waals surface area contributed by atoms with Gasteiger partial charge < -0.3 is 0 Å². The summed E-state index contributed by atoms with van der Waals surface area (Å²) in [6.07, 6.45) is 1.81. The van der Waals surface area contributed by atoms with Crippen molar-refractivity contribution in [2.45, 2.75) is 6.92 Å². The Labute approximate surface area is 90.2 Å². The number of hydrogen-bond acceptors (Lipinski definition) is 1. The van der Waals surface area contributed by atoms with Crippen LogP contribution in [0.4, 0.5) is 0 Å². The summed E-state index contributed by atoms with van der Waals surface area (Å²) in [7, 11) is 0. The lowest BCUT2D eigenvalue weighted by Gasteiger charge is -1.97. The molecule has 1 aromatic carbocycles. The molecule has 1 radical (unpaired) electrons. The van der Waals surface area contributed by atoms with Gasteiger partial charge in [-0.1, -0.05) is 36.4 Å². The zero-order valence-corrected chi connectivity index (χ0v) is 8.76. The molecule has 0 N–H and O–H groups in total. The molecule has 77 valence electrons. The second kappa shape index (κ2) is 6.74. The molecule has 0 saturated carbocycles. The van der Waals surface area contributed by atoms with Crippen LogP contribution < -0.4 is 0 Å². The van der Waals surface area contributed by atoms with E-state index in [2.05, 4.69) is 17.1 Å². The van der Waals surface area contributed by atoms with E-state index in [4.69, 9.17) is 5.11 Å². The summed E-state index contributed by atoms with van der Waals surface area (Å²) in [4.78, 5) is 4.25. The molecule has 0 saturated heterocycles. The first-order chi connectivity index (χ1) is 7.38. The smallest absolute Gasteiger partial charge is 0.0794 e. The van der Waals surface area contributed by atoms with E-state index in [1.54, 1.807) is 6.92 Å². The molecule has 0 amide bonds. The molecule has 1 aromatic heterocycles. The van der Waals surface area contributed by atoms with Crippen LogP contribution in [0.5, 0.6) is 0 Å². The average Bonchev–Trinajstić information content (AvgIpc) is 2.32. The molecule has 2 nitrogen and oxygen atoms in total. The molecular weight excluding hydrogens is 186 g/mol. The Balaban J connectivity index is 0.000000337. The van der Waals surface area contributed by atoms with Crippen LogP contribution in [0.2, 0.25) is 0 Å². The molecule has 0 aliphatic carbocycles. The van der Waals surface area contributed by atoms with Crippen LogP contribution in [0.15, 0.2) is 54.7 Å². The average molecular weight is 200 g/mol. The standard InChI is InChI=1S/C11H9N.C2H5O/c1-2-6-10(7-3-1)11-8-4-5-9-12-11;1-2-3/h1-9H;2H2,1H3. The van der Waals surface area contributed by atoms with Crippen molar-refractivity contribution in [3.8, 4) is 11.3 Å². The van der Waals surface area contributed by atoms with E-state index in [1.165, 1.54) is 0 Å². The number of pyridine rings is 1. The summed E-state index contributed by atoms with van der Waals surface area (Å²) in [5.41, 5.74) is 2.19. The van der Waals surface area contributed by atoms with Crippen LogP contribution in [0.3, 0.4) is 0 Å². The zero-order chi connectivity index (χ0) is 10.9. The lowest BCUT2D eigenvalue weighted by Crippen LogP contribution is -1.79. The lowest BCUT2D eigenvalue weighted by atomic mass is 10.1. The largest absolute Gasteiger partial charge is 0.256 e. The molecule has 0 spiro atoms. The van der Waals surface area contributed by atoms with E-state index in [0.717, 1.165) is 11.3 Å². The highest BCUT2D eigenvalue weighted by molar-refractivity contribution is 5.58. The van der Waals surface area contributed by atoms with Gasteiger partial charge >= 0.3 is 0 Å². The number of rotatable bonds is 1. The van der Waals surface area contributed by atoms with E-state index >= 15 is 0 Å². The summed E-state index contributed by atoms with van der Waals surface area (Å²) in [6, 6.07) is 16.1. The third kappa shape index (κ3) is 3.92. The molecular formula is C13H14NO. The van der Waals surface area contributed by atoms with Crippen molar-refractivity contribution < 1.29 is 5.11 Å². The van der Waals surface area contributed by atoms with Crippen LogP contribution in [0, 0.1) is 0 Å². The maximum atomic E-state index is 8.93. The van der Waals surface area contributed by atoms with Crippen LogP contribution >= 0.6 is 0 Å². The minimum Gasteiger partial charge on any atom is -0.256 e. The Bertz CT molecular complexity index is 321. The van der Waals surface area contributed by atoms with Gasteiger partial charge in [0.25, 0.3) is 0 Å². The first-order valence-electron chi connectivity index (χ1n) is 4.93. The number of aromatic nitrogens is 1. The Morgan fingerprint density at radius 2 is 1.60 bits per heavy atom. The van der Waals surface area contributed by atoms with Crippen molar-refractivity contribution in [1.29, 1.82) is 0 Å². The van der Waals surface area contributed by atoms with Gasteiger partial charge in [0.05, 0.1) is 12.3 Å². The molecule has 0 fully saturated rings. The molecule has 0 aliphatic rings. The number of hydrogen-bond donors (Lipinski definition) is 0. The first-order valence-corrected chi connectivity index (χ1v) is 4.93. The van der Waals surface area contributed by atoms with Gasteiger partial charge in [-0.25, -0.2) is 5.11 Å². The summed E-state index contributed by atoms with van der Waals surface area (Å²) in [5.74, 6) is 0. The SMILES string of the molecule is CC[O].c1ccc(-c2ccccn2)cc1. The maximum Gasteiger partial charge on any atom is 0.0794 e. The van der Waals surface area contributed by atoms with Gasteiger partial charge in [0.1, 0.15) is 0 Å². The first kappa shape index (κ1) is 11.4. The predicted molar refractivity (Wildman–Crippen MR) is 60.9 cm³/mol. The fourth-order valence-corrected chi connectivity index (χ4v) is 1.14. The van der Waals surface area contributed by atoms with Crippen LogP contribution in [0.1, 0.15) is 6.92 Å². The third-order valence-electron chi connectivity index (χ3n) is 1.73. The van der Waals surface area contributed by atoms with E-state index < -0.39 is 0 Å². The summed E-state index contributed by atoms with van der Waals surface area (Å²) in [6.45, 7) is 1.57. The summed E-state index contributed by atoms with van der Waals surface area (Å²) >= 11 is 0. The molecule has 2 rings (SSSR count). The molecule has 0 atom stereocenters. The second-order valence-electron chi connectivity index (χ2n) is 2.87. The fraction of sp³-hybridized carbons (Fsp3) is 0.154. The lowest BCUT2D eigenvalue weighted by molar-refractivity contribution is 0.212. The number of benzene rings is 1. The Morgan fingerprint density at radius 1 is 1.00 bits per heavy atom. The molecule has 1 heterocycles. The van der Waals surface area contributed by atoms with Gasteiger partial charge in [0.15, 0.2) is 0 Å². The summed E-state index contributed by atoms with van der Waals surface area (Å²) < 4.78 is 0. The van der Waals surface area contributed by atoms with Gasteiger partial charge in [-0.05, 0) is 19.1 Å². The topological polar surface area (TPSA) is 32.8 Å². The minimum atomic E-state index is 0. The molecule has 2 heteroatoms. The monoisotopic (exact) mass is 200 g/mol. The Kier molecular flexibility index (Phi) is 5.12. The van der Waals surface area contributed by atoms with Crippen molar-refractivity contribution >= 4 is 0 Å². The van der Waals surface area contributed by atoms with Crippen molar-refractivity contribution in [1.82, 2.24) is 4.98 Å². The third-order valence-corrected chi connectivity index (χ3v) is 1.73. The second-order valence-corrected chi connectivity index (χ2v) is 2.87. The van der Waals surface area contributed by atoms with E-state index in [9.17, 15) is 0 Å². The quantitative estimate of drug-likeness (QED) is 0.695. The van der Waals surface area contributed by atoms with Gasteiger partial charge in [-0.2, -0.15) is 0 Å². The minimum absolute atomic E-state index is 0. The number of nitrogens with zero attached hydrogens (tertiary/aromatic N) is 1. The Hall–Kier alpha value is -1.67. The van der Waals surface area contributed by atoms with Gasteiger partial charge in [0, 0.05) is 11.8 Å². The molecule has 0 aliphatic heterocycles. The summed E-state index contributed by atoms with van der Waals surface area (Å²) in [5, 5.41) is 8.93. The van der Waals surface area contributed by atoms with Gasteiger partial charge in [0.2, 0.25) is 0 Å². The van der Waals surface area contributed by atoms with Crippen LogP contribution in [-0.4, -0.2) is 11.6 Å². The van der Waals surface area contributed by atoms with Crippen molar-refractivity contribution in [2.75, 3.05) is 6.61 Å². The predicted octanol–water partition coefficient (Wildman–Crippen LogP) is 3.19. The Morgan fingerprint density at radius 3 is 2.13 bits per heavy atom. The van der Waals surface area contributed by atoms with Crippen molar-refractivity contribution in [2.24, 2.45) is 0 Å². The molecule has 2 aromatic rings. The molecule has 15 heavy (non-hydrogen) atoms. The highest BCUT2D eigenvalue weighted by Crippen LogP contribution is 2.14. The van der Waals surface area contributed by atoms with Gasteiger partial charge in [-0.3, -0.25) is 4.98 Å². The van der Waals surface area contributed by atoms with Crippen molar-refractivity contribution in [3.05, 3.63) is 54.7 Å². The van der Waals surface area contributed by atoms with Crippen LogP contribution in [0.25, 0.3) is 11.3 Å². The van der Waals surface area contributed by atoms with Crippen LogP contribution in [-0.2, 0) is 5.11 Å².